The van der Waals surface area contributed by atoms with Gasteiger partial charge in [0.25, 0.3) is 10.0 Å². The minimum atomic E-state index is -4.16. The molecule has 0 aliphatic rings. The van der Waals surface area contributed by atoms with Crippen molar-refractivity contribution in [1.82, 2.24) is 0 Å². The molecule has 11 heteroatoms. The van der Waals surface area contributed by atoms with E-state index in [1.54, 1.807) is 60.7 Å². The lowest BCUT2D eigenvalue weighted by molar-refractivity contribution is -0.114. The van der Waals surface area contributed by atoms with Gasteiger partial charge in [0, 0.05) is 10.0 Å². The first-order chi connectivity index (χ1) is 19.2. The second kappa shape index (κ2) is 13.0. The van der Waals surface area contributed by atoms with Gasteiger partial charge in [-0.2, -0.15) is 0 Å². The molecule has 0 fully saturated rings. The molecule has 0 bridgehead atoms. The average Bonchev–Trinajstić information content (AvgIpc) is 2.94. The van der Waals surface area contributed by atoms with E-state index in [0.717, 1.165) is 4.31 Å². The summed E-state index contributed by atoms with van der Waals surface area (Å²) in [6, 6.07) is 23.9. The van der Waals surface area contributed by atoms with E-state index < -0.39 is 22.5 Å². The van der Waals surface area contributed by atoms with Crippen molar-refractivity contribution in [3.05, 3.63) is 101 Å². The molecule has 0 radical (unpaired) electrons. The van der Waals surface area contributed by atoms with Gasteiger partial charge in [0.05, 0.1) is 30.0 Å². The summed E-state index contributed by atoms with van der Waals surface area (Å²) in [4.78, 5) is 13.3. The number of sulfonamides is 1. The van der Waals surface area contributed by atoms with E-state index in [4.69, 9.17) is 37.4 Å². The number of benzene rings is 4. The highest BCUT2D eigenvalue weighted by Crippen LogP contribution is 2.36. The highest BCUT2D eigenvalue weighted by Gasteiger charge is 2.28. The van der Waals surface area contributed by atoms with Gasteiger partial charge in [0.1, 0.15) is 12.3 Å². The van der Waals surface area contributed by atoms with Gasteiger partial charge in [-0.3, -0.25) is 9.10 Å². The molecule has 0 saturated heterocycles. The summed E-state index contributed by atoms with van der Waals surface area (Å²) >= 11 is 12.2. The van der Waals surface area contributed by atoms with Crippen molar-refractivity contribution in [2.45, 2.75) is 11.8 Å². The van der Waals surface area contributed by atoms with Crippen LogP contribution in [0.2, 0.25) is 10.0 Å². The van der Waals surface area contributed by atoms with Crippen LogP contribution in [0.5, 0.6) is 23.0 Å². The van der Waals surface area contributed by atoms with E-state index in [9.17, 15) is 13.2 Å². The minimum Gasteiger partial charge on any atom is -0.494 e. The Hall–Kier alpha value is -3.92. The summed E-state index contributed by atoms with van der Waals surface area (Å²) < 4.78 is 45.2. The van der Waals surface area contributed by atoms with Crippen molar-refractivity contribution in [3.8, 4) is 23.0 Å². The highest BCUT2D eigenvalue weighted by atomic mass is 35.5. The summed E-state index contributed by atoms with van der Waals surface area (Å²) in [6.07, 6.45) is 0. The minimum absolute atomic E-state index is 0.0264. The summed E-state index contributed by atoms with van der Waals surface area (Å²) in [5, 5.41) is 3.46. The van der Waals surface area contributed by atoms with Gasteiger partial charge in [0.15, 0.2) is 17.2 Å². The fraction of sp³-hybridized carbons (Fsp3) is 0.138. The van der Waals surface area contributed by atoms with Gasteiger partial charge in [-0.25, -0.2) is 8.42 Å². The first-order valence-electron chi connectivity index (χ1n) is 12.1. The Morgan fingerprint density at radius 1 is 0.850 bits per heavy atom. The molecule has 0 aromatic heterocycles. The van der Waals surface area contributed by atoms with E-state index in [0.29, 0.717) is 33.9 Å². The molecule has 0 heterocycles. The summed E-state index contributed by atoms with van der Waals surface area (Å²) in [7, 11) is -2.64. The zero-order chi connectivity index (χ0) is 28.7. The monoisotopic (exact) mass is 600 g/mol. The van der Waals surface area contributed by atoms with Crippen molar-refractivity contribution >= 4 is 50.5 Å². The molecule has 208 valence electrons. The molecule has 1 N–H and O–H groups in total. The summed E-state index contributed by atoms with van der Waals surface area (Å²) in [5.41, 5.74) is 0.518. The van der Waals surface area contributed by atoms with Crippen LogP contribution < -0.4 is 23.8 Å². The zero-order valence-corrected chi connectivity index (χ0v) is 24.0. The number of nitrogens with one attached hydrogen (secondary N) is 1. The topological polar surface area (TPSA) is 94.2 Å². The normalized spacial score (nSPS) is 11.0. The van der Waals surface area contributed by atoms with Crippen LogP contribution in [0, 0.1) is 0 Å². The number of rotatable bonds is 11. The number of hydrogen-bond acceptors (Lipinski definition) is 6. The molecule has 0 atom stereocenters. The van der Waals surface area contributed by atoms with Crippen LogP contribution in [0.1, 0.15) is 6.92 Å². The number of hydrogen-bond donors (Lipinski definition) is 1. The first kappa shape index (κ1) is 29.1. The Morgan fingerprint density at radius 2 is 1.50 bits per heavy atom. The number of methoxy groups -OCH3 is 1. The highest BCUT2D eigenvalue weighted by molar-refractivity contribution is 7.92. The molecule has 4 rings (SSSR count). The molecule has 0 spiro atoms. The van der Waals surface area contributed by atoms with Gasteiger partial charge < -0.3 is 19.5 Å². The number of para-hydroxylation sites is 2. The van der Waals surface area contributed by atoms with Gasteiger partial charge in [0.2, 0.25) is 5.91 Å². The second-order valence-corrected chi connectivity index (χ2v) is 11.1. The van der Waals surface area contributed by atoms with E-state index in [1.165, 1.54) is 37.4 Å². The van der Waals surface area contributed by atoms with Crippen LogP contribution in [0.25, 0.3) is 0 Å². The summed E-state index contributed by atoms with van der Waals surface area (Å²) in [5.74, 6) is 1.14. The number of carbonyl (C=O) groups is 1. The molecule has 0 unspecified atom stereocenters. The Balaban J connectivity index is 1.65. The second-order valence-electron chi connectivity index (χ2n) is 8.33. The van der Waals surface area contributed by atoms with Crippen LogP contribution in [0.4, 0.5) is 11.4 Å². The van der Waals surface area contributed by atoms with Gasteiger partial charge in [-0.15, -0.1) is 0 Å². The lowest BCUT2D eigenvalue weighted by Crippen LogP contribution is -2.38. The van der Waals surface area contributed by atoms with Gasteiger partial charge in [-0.1, -0.05) is 35.3 Å². The Bertz CT molecular complexity index is 1580. The van der Waals surface area contributed by atoms with Crippen molar-refractivity contribution in [2.75, 3.05) is 29.9 Å². The SMILES string of the molecule is CCOc1ccc(N(CC(=O)Nc2cc(Cl)ccc2Oc2ccccc2OC)S(=O)(=O)c2ccc(Cl)cc2)cc1. The number of halogens is 2. The molecular formula is C29H26Cl2N2O6S. The van der Waals surface area contributed by atoms with Crippen LogP contribution in [-0.4, -0.2) is 34.6 Å². The largest absolute Gasteiger partial charge is 0.494 e. The van der Waals surface area contributed by atoms with Crippen LogP contribution in [0.3, 0.4) is 0 Å². The van der Waals surface area contributed by atoms with Crippen molar-refractivity contribution in [2.24, 2.45) is 0 Å². The van der Waals surface area contributed by atoms with Gasteiger partial charge >= 0.3 is 0 Å². The third kappa shape index (κ3) is 6.98. The Kier molecular flexibility index (Phi) is 9.42. The molecule has 0 aliphatic heterocycles. The molecular weight excluding hydrogens is 575 g/mol. The maximum Gasteiger partial charge on any atom is 0.264 e. The van der Waals surface area contributed by atoms with E-state index in [2.05, 4.69) is 5.32 Å². The zero-order valence-electron chi connectivity index (χ0n) is 21.6. The standard InChI is InChI=1S/C29H26Cl2N2O6S/c1-3-38-23-13-11-22(12-14-23)33(40(35,36)24-15-8-20(30)9-16-24)19-29(34)32-25-18-21(31)10-17-26(25)39-28-7-5-4-6-27(28)37-2/h4-18H,3,19H2,1-2H3,(H,32,34). The number of anilines is 2. The molecule has 8 nitrogen and oxygen atoms in total. The average molecular weight is 602 g/mol. The Morgan fingerprint density at radius 3 is 2.15 bits per heavy atom. The molecule has 40 heavy (non-hydrogen) atoms. The first-order valence-corrected chi connectivity index (χ1v) is 14.3. The number of ether oxygens (including phenoxy) is 3. The quantitative estimate of drug-likeness (QED) is 0.199. The molecule has 0 saturated carbocycles. The van der Waals surface area contributed by atoms with E-state index in [1.807, 2.05) is 6.92 Å². The predicted octanol–water partition coefficient (Wildman–Crippen LogP) is 7.03. The number of carbonyl (C=O) groups excluding carboxylic acids is 1. The maximum atomic E-state index is 13.7. The molecule has 0 aliphatic carbocycles. The number of amides is 1. The van der Waals surface area contributed by atoms with Crippen LogP contribution in [0.15, 0.2) is 95.9 Å². The van der Waals surface area contributed by atoms with Crippen molar-refractivity contribution in [3.63, 3.8) is 0 Å². The Labute approximate surface area is 243 Å². The number of nitrogens with zero attached hydrogens (tertiary/aromatic N) is 1. The fourth-order valence-corrected chi connectivity index (χ4v) is 5.47. The van der Waals surface area contributed by atoms with E-state index in [-0.39, 0.29) is 22.0 Å². The van der Waals surface area contributed by atoms with Crippen molar-refractivity contribution in [1.29, 1.82) is 0 Å². The molecule has 1 amide bonds. The maximum absolute atomic E-state index is 13.7. The van der Waals surface area contributed by atoms with Gasteiger partial charge in [-0.05, 0) is 85.8 Å². The predicted molar refractivity (Wildman–Crippen MR) is 157 cm³/mol. The summed E-state index contributed by atoms with van der Waals surface area (Å²) in [6.45, 7) is 1.75. The van der Waals surface area contributed by atoms with Crippen LogP contribution in [-0.2, 0) is 14.8 Å². The lowest BCUT2D eigenvalue weighted by Gasteiger charge is -2.24. The van der Waals surface area contributed by atoms with Crippen molar-refractivity contribution < 1.29 is 27.4 Å². The molecule has 4 aromatic carbocycles. The fourth-order valence-electron chi connectivity index (χ4n) is 3.75. The smallest absolute Gasteiger partial charge is 0.264 e. The lowest BCUT2D eigenvalue weighted by atomic mass is 10.2. The third-order valence-corrected chi connectivity index (χ3v) is 7.90. The molecule has 4 aromatic rings. The third-order valence-electron chi connectivity index (χ3n) is 5.63. The van der Waals surface area contributed by atoms with E-state index >= 15 is 0 Å². The van der Waals surface area contributed by atoms with Crippen LogP contribution >= 0.6 is 23.2 Å².